The largest absolute Gasteiger partial charge is 0.344 e. The molecule has 0 saturated heterocycles. The van der Waals surface area contributed by atoms with Crippen molar-refractivity contribution in [2.75, 3.05) is 6.54 Å². The van der Waals surface area contributed by atoms with Crippen LogP contribution in [0, 0.1) is 5.82 Å². The fourth-order valence-electron chi connectivity index (χ4n) is 4.89. The van der Waals surface area contributed by atoms with E-state index in [0.717, 1.165) is 28.2 Å². The predicted molar refractivity (Wildman–Crippen MR) is 164 cm³/mol. The normalized spacial score (nSPS) is 11.7. The van der Waals surface area contributed by atoms with E-state index in [0.29, 0.717) is 37.3 Å². The molecule has 0 saturated carbocycles. The summed E-state index contributed by atoms with van der Waals surface area (Å²) in [5.41, 5.74) is 3.97. The van der Waals surface area contributed by atoms with Gasteiger partial charge in [-0.3, -0.25) is 9.59 Å². The summed E-state index contributed by atoms with van der Waals surface area (Å²) in [6.07, 6.45) is 3.42. The fourth-order valence-corrected chi connectivity index (χ4v) is 5.67. The molecular formula is C34H33FN4O2S. The van der Waals surface area contributed by atoms with Crippen LogP contribution in [-0.2, 0) is 19.5 Å². The maximum Gasteiger partial charge on any atom is 0.271 e. The zero-order valence-electron chi connectivity index (χ0n) is 23.4. The highest BCUT2D eigenvalue weighted by Gasteiger charge is 2.20. The number of rotatable bonds is 12. The number of halogens is 1. The zero-order valence-corrected chi connectivity index (χ0v) is 24.3. The highest BCUT2D eigenvalue weighted by Crippen LogP contribution is 2.21. The van der Waals surface area contributed by atoms with Crippen molar-refractivity contribution < 1.29 is 14.0 Å². The summed E-state index contributed by atoms with van der Waals surface area (Å²) in [7, 11) is 0. The van der Waals surface area contributed by atoms with Crippen LogP contribution in [0.25, 0.3) is 0 Å². The van der Waals surface area contributed by atoms with Gasteiger partial charge < -0.3 is 14.8 Å². The minimum atomic E-state index is -0.370. The van der Waals surface area contributed by atoms with Crippen molar-refractivity contribution in [1.82, 2.24) is 19.8 Å². The Morgan fingerprint density at radius 2 is 1.67 bits per heavy atom. The van der Waals surface area contributed by atoms with E-state index in [2.05, 4.69) is 22.4 Å². The van der Waals surface area contributed by atoms with E-state index in [4.69, 9.17) is 0 Å². The van der Waals surface area contributed by atoms with Crippen molar-refractivity contribution in [2.45, 2.75) is 38.9 Å². The van der Waals surface area contributed by atoms with Crippen molar-refractivity contribution >= 4 is 23.2 Å². The van der Waals surface area contributed by atoms with Crippen molar-refractivity contribution in [3.63, 3.8) is 0 Å². The standard InChI is InChI=1S/C34H33FN4O2S/c1-2-19-39(34(41)27-15-17-28(35)18-16-27)22-29-14-9-20-38(29)23-32-36-31(24-42-32)33(40)37-30(26-12-7-4-8-13-26)21-25-10-5-3-6-11-25/h3-18,20,24,30H,2,19,21-23H2,1H3,(H,37,40). The molecule has 0 fully saturated rings. The van der Waals surface area contributed by atoms with Crippen molar-refractivity contribution in [2.24, 2.45) is 0 Å². The molecule has 0 aliphatic heterocycles. The highest BCUT2D eigenvalue weighted by molar-refractivity contribution is 7.09. The maximum absolute atomic E-state index is 13.4. The number of aromatic nitrogens is 2. The third-order valence-corrected chi connectivity index (χ3v) is 7.86. The van der Waals surface area contributed by atoms with Crippen LogP contribution in [0.15, 0.2) is 109 Å². The Labute approximate surface area is 249 Å². The van der Waals surface area contributed by atoms with Gasteiger partial charge >= 0.3 is 0 Å². The first-order valence-corrected chi connectivity index (χ1v) is 14.9. The van der Waals surface area contributed by atoms with Crippen LogP contribution in [0.5, 0.6) is 0 Å². The van der Waals surface area contributed by atoms with Gasteiger partial charge in [0.05, 0.1) is 19.1 Å². The molecule has 1 atom stereocenters. The van der Waals surface area contributed by atoms with Crippen molar-refractivity contribution in [3.8, 4) is 0 Å². The van der Waals surface area contributed by atoms with Crippen molar-refractivity contribution in [3.05, 3.63) is 148 Å². The number of nitrogens with one attached hydrogen (secondary N) is 1. The van der Waals surface area contributed by atoms with Gasteiger partial charge in [-0.1, -0.05) is 67.6 Å². The minimum Gasteiger partial charge on any atom is -0.344 e. The van der Waals surface area contributed by atoms with Gasteiger partial charge in [-0.05, 0) is 60.4 Å². The number of carbonyl (C=O) groups excluding carboxylic acids is 2. The van der Waals surface area contributed by atoms with E-state index in [1.54, 1.807) is 10.3 Å². The second kappa shape index (κ2) is 13.9. The summed E-state index contributed by atoms with van der Waals surface area (Å²) < 4.78 is 15.4. The lowest BCUT2D eigenvalue weighted by Crippen LogP contribution is -2.32. The molecule has 2 amide bonds. The Hall–Kier alpha value is -4.56. The Kier molecular flexibility index (Phi) is 9.56. The Morgan fingerprint density at radius 1 is 0.952 bits per heavy atom. The van der Waals surface area contributed by atoms with Gasteiger partial charge in [0.2, 0.25) is 0 Å². The topological polar surface area (TPSA) is 67.2 Å². The number of carbonyl (C=O) groups is 2. The Bertz CT molecular complexity index is 1600. The number of thiazole rings is 1. The maximum atomic E-state index is 13.4. The first-order valence-electron chi connectivity index (χ1n) is 14.0. The molecule has 2 heterocycles. The SMILES string of the molecule is CCCN(Cc1cccn1Cc1nc(C(=O)NC(Cc2ccccc2)c2ccccc2)cs1)C(=O)c1ccc(F)cc1. The summed E-state index contributed by atoms with van der Waals surface area (Å²) in [5, 5.41) is 5.77. The molecule has 5 aromatic rings. The lowest BCUT2D eigenvalue weighted by atomic mass is 9.99. The molecule has 2 aromatic heterocycles. The average Bonchev–Trinajstić information content (AvgIpc) is 3.67. The molecule has 42 heavy (non-hydrogen) atoms. The Morgan fingerprint density at radius 3 is 2.38 bits per heavy atom. The molecule has 0 aliphatic carbocycles. The summed E-state index contributed by atoms with van der Waals surface area (Å²) in [6.45, 7) is 3.49. The third-order valence-electron chi connectivity index (χ3n) is 7.03. The van der Waals surface area contributed by atoms with E-state index in [9.17, 15) is 14.0 Å². The number of amides is 2. The van der Waals surface area contributed by atoms with Gasteiger partial charge in [0.25, 0.3) is 11.8 Å². The summed E-state index contributed by atoms with van der Waals surface area (Å²) in [6, 6.07) is 29.5. The minimum absolute atomic E-state index is 0.138. The first-order chi connectivity index (χ1) is 20.5. The second-order valence-corrected chi connectivity index (χ2v) is 11.1. The molecule has 0 bridgehead atoms. The van der Waals surface area contributed by atoms with Crippen LogP contribution < -0.4 is 5.32 Å². The van der Waals surface area contributed by atoms with E-state index in [1.165, 1.54) is 35.6 Å². The smallest absolute Gasteiger partial charge is 0.271 e. The fraction of sp³-hybridized carbons (Fsp3) is 0.206. The van der Waals surface area contributed by atoms with Gasteiger partial charge in [0, 0.05) is 29.4 Å². The van der Waals surface area contributed by atoms with Crippen LogP contribution >= 0.6 is 11.3 Å². The van der Waals surface area contributed by atoms with Crippen LogP contribution in [0.4, 0.5) is 4.39 Å². The molecule has 8 heteroatoms. The molecule has 0 aliphatic rings. The average molecular weight is 581 g/mol. The van der Waals surface area contributed by atoms with Gasteiger partial charge in [0.15, 0.2) is 0 Å². The third kappa shape index (κ3) is 7.39. The lowest BCUT2D eigenvalue weighted by Gasteiger charge is -2.23. The highest BCUT2D eigenvalue weighted by atomic mass is 32.1. The molecule has 0 radical (unpaired) electrons. The van der Waals surface area contributed by atoms with Gasteiger partial charge in [-0.25, -0.2) is 9.37 Å². The van der Waals surface area contributed by atoms with E-state index in [-0.39, 0.29) is 23.7 Å². The van der Waals surface area contributed by atoms with Gasteiger partial charge in [-0.2, -0.15) is 0 Å². The van der Waals surface area contributed by atoms with Gasteiger partial charge in [-0.15, -0.1) is 11.3 Å². The molecule has 3 aromatic carbocycles. The quantitative estimate of drug-likeness (QED) is 0.175. The molecule has 0 spiro atoms. The summed E-state index contributed by atoms with van der Waals surface area (Å²) in [4.78, 5) is 32.9. The second-order valence-electron chi connectivity index (χ2n) is 10.1. The number of benzene rings is 3. The van der Waals surface area contributed by atoms with Gasteiger partial charge in [0.1, 0.15) is 16.5 Å². The lowest BCUT2D eigenvalue weighted by molar-refractivity contribution is 0.0739. The summed E-state index contributed by atoms with van der Waals surface area (Å²) >= 11 is 1.44. The van der Waals surface area contributed by atoms with Crippen molar-refractivity contribution in [1.29, 1.82) is 0 Å². The van der Waals surface area contributed by atoms with Crippen LogP contribution in [0.2, 0.25) is 0 Å². The monoisotopic (exact) mass is 580 g/mol. The van der Waals surface area contributed by atoms with E-state index in [1.807, 2.05) is 78.4 Å². The molecule has 5 rings (SSSR count). The molecule has 214 valence electrons. The summed E-state index contributed by atoms with van der Waals surface area (Å²) in [5.74, 6) is -0.721. The molecule has 6 nitrogen and oxygen atoms in total. The van der Waals surface area contributed by atoms with E-state index < -0.39 is 0 Å². The first kappa shape index (κ1) is 29.0. The molecule has 1 unspecified atom stereocenters. The number of hydrogen-bond acceptors (Lipinski definition) is 4. The molecular weight excluding hydrogens is 547 g/mol. The number of nitrogens with zero attached hydrogens (tertiary/aromatic N) is 3. The molecule has 1 N–H and O–H groups in total. The Balaban J connectivity index is 1.27. The zero-order chi connectivity index (χ0) is 29.3. The van der Waals surface area contributed by atoms with Crippen LogP contribution in [-0.4, -0.2) is 32.8 Å². The predicted octanol–water partition coefficient (Wildman–Crippen LogP) is 6.90. The van der Waals surface area contributed by atoms with Crippen LogP contribution in [0.3, 0.4) is 0 Å². The number of hydrogen-bond donors (Lipinski definition) is 1. The van der Waals surface area contributed by atoms with Crippen LogP contribution in [0.1, 0.15) is 62.1 Å². The van der Waals surface area contributed by atoms with E-state index >= 15 is 0 Å².